The van der Waals surface area contributed by atoms with E-state index in [4.69, 9.17) is 11.6 Å². The number of hydrogen-bond acceptors (Lipinski definition) is 1. The molecule has 19 heavy (non-hydrogen) atoms. The molecule has 1 saturated carbocycles. The fourth-order valence-electron chi connectivity index (χ4n) is 2.67. The maximum atomic E-state index is 12.7. The zero-order valence-corrected chi connectivity index (χ0v) is 11.1. The summed E-state index contributed by atoms with van der Waals surface area (Å²) in [5.74, 6) is 0.0355. The fourth-order valence-corrected chi connectivity index (χ4v) is 2.91. The maximum absolute atomic E-state index is 12.7. The molecule has 0 aliphatic heterocycles. The quantitative estimate of drug-likeness (QED) is 0.815. The van der Waals surface area contributed by atoms with Crippen LogP contribution >= 0.6 is 11.6 Å². The highest BCUT2D eigenvalue weighted by Crippen LogP contribution is 2.38. The highest BCUT2D eigenvalue weighted by molar-refractivity contribution is 6.30. The Morgan fingerprint density at radius 2 is 1.74 bits per heavy atom. The van der Waals surface area contributed by atoms with Crippen molar-refractivity contribution >= 4 is 11.6 Å². The predicted octanol–water partition coefficient (Wildman–Crippen LogP) is 4.97. The molecule has 0 bridgehead atoms. The van der Waals surface area contributed by atoms with Gasteiger partial charge in [0, 0.05) is 5.02 Å². The molecule has 1 atom stereocenters. The number of hydrogen-bond donors (Lipinski definition) is 1. The van der Waals surface area contributed by atoms with Crippen molar-refractivity contribution in [2.24, 2.45) is 5.92 Å². The normalized spacial score (nSPS) is 19.4. The second kappa shape index (κ2) is 5.71. The summed E-state index contributed by atoms with van der Waals surface area (Å²) in [5.41, 5.74) is -0.531. The molecule has 0 aromatic heterocycles. The van der Waals surface area contributed by atoms with E-state index >= 15 is 0 Å². The highest BCUT2D eigenvalue weighted by atomic mass is 35.5. The van der Waals surface area contributed by atoms with E-state index in [1.54, 1.807) is 0 Å². The molecule has 1 aromatic rings. The van der Waals surface area contributed by atoms with Crippen molar-refractivity contribution in [3.8, 4) is 0 Å². The van der Waals surface area contributed by atoms with Crippen LogP contribution in [0.3, 0.4) is 0 Å². The standard InChI is InChI=1S/C14H16ClF3O/c15-12-7-10(6-11(8-12)14(16,17)18)13(19)9-4-2-1-3-5-9/h6-9,13,19H,1-5H2. The number of alkyl halides is 3. The molecule has 1 aliphatic carbocycles. The van der Waals surface area contributed by atoms with Crippen LogP contribution in [0.5, 0.6) is 0 Å². The third-order valence-electron chi connectivity index (χ3n) is 3.69. The van der Waals surface area contributed by atoms with Crippen LogP contribution in [-0.4, -0.2) is 5.11 Å². The van der Waals surface area contributed by atoms with E-state index in [0.717, 1.165) is 44.2 Å². The minimum atomic E-state index is -4.44. The van der Waals surface area contributed by atoms with Crippen molar-refractivity contribution < 1.29 is 18.3 Å². The van der Waals surface area contributed by atoms with E-state index in [1.165, 1.54) is 6.07 Å². The lowest BCUT2D eigenvalue weighted by atomic mass is 9.82. The van der Waals surface area contributed by atoms with Crippen molar-refractivity contribution in [3.63, 3.8) is 0 Å². The van der Waals surface area contributed by atoms with Gasteiger partial charge in [-0.25, -0.2) is 0 Å². The van der Waals surface area contributed by atoms with E-state index in [1.807, 2.05) is 0 Å². The van der Waals surface area contributed by atoms with Crippen molar-refractivity contribution in [3.05, 3.63) is 34.3 Å². The van der Waals surface area contributed by atoms with Gasteiger partial charge < -0.3 is 5.11 Å². The SMILES string of the molecule is OC(c1cc(Cl)cc(C(F)(F)F)c1)C1CCCCC1. The van der Waals surface area contributed by atoms with E-state index in [9.17, 15) is 18.3 Å². The molecular weight excluding hydrogens is 277 g/mol. The lowest BCUT2D eigenvalue weighted by Gasteiger charge is -2.27. The van der Waals surface area contributed by atoms with Crippen molar-refractivity contribution in [1.82, 2.24) is 0 Å². The Bertz CT molecular complexity index is 439. The van der Waals surface area contributed by atoms with Gasteiger partial charge in [0.25, 0.3) is 0 Å². The Balaban J connectivity index is 2.26. The van der Waals surface area contributed by atoms with Crippen molar-refractivity contribution in [1.29, 1.82) is 0 Å². The fraction of sp³-hybridized carbons (Fsp3) is 0.571. The molecule has 0 saturated heterocycles. The van der Waals surface area contributed by atoms with E-state index in [0.29, 0.717) is 0 Å². The van der Waals surface area contributed by atoms with Gasteiger partial charge >= 0.3 is 6.18 Å². The first kappa shape index (κ1) is 14.7. The summed E-state index contributed by atoms with van der Waals surface area (Å²) in [6.07, 6.45) is -0.411. The molecule has 0 radical (unpaired) electrons. The molecule has 0 amide bonds. The third-order valence-corrected chi connectivity index (χ3v) is 3.90. The minimum Gasteiger partial charge on any atom is -0.388 e. The van der Waals surface area contributed by atoms with Crippen LogP contribution in [0.1, 0.15) is 49.3 Å². The monoisotopic (exact) mass is 292 g/mol. The van der Waals surface area contributed by atoms with Gasteiger partial charge in [-0.05, 0) is 42.5 Å². The number of benzene rings is 1. The molecule has 1 fully saturated rings. The van der Waals surface area contributed by atoms with Gasteiger partial charge in [0.15, 0.2) is 0 Å². The topological polar surface area (TPSA) is 20.2 Å². The largest absolute Gasteiger partial charge is 0.416 e. The molecule has 0 heterocycles. The average Bonchev–Trinajstić information content (AvgIpc) is 2.37. The minimum absolute atomic E-state index is 0.0136. The molecule has 5 heteroatoms. The highest BCUT2D eigenvalue weighted by Gasteiger charge is 2.32. The molecule has 1 nitrogen and oxygen atoms in total. The Hall–Kier alpha value is -0.740. The summed E-state index contributed by atoms with van der Waals surface area (Å²) in [4.78, 5) is 0. The number of aliphatic hydroxyl groups excluding tert-OH is 1. The van der Waals surface area contributed by atoms with Crippen LogP contribution in [0.4, 0.5) is 13.2 Å². The first-order valence-electron chi connectivity index (χ1n) is 6.43. The average molecular weight is 293 g/mol. The Morgan fingerprint density at radius 3 is 2.32 bits per heavy atom. The molecule has 0 spiro atoms. The van der Waals surface area contributed by atoms with Gasteiger partial charge in [-0.15, -0.1) is 0 Å². The van der Waals surface area contributed by atoms with Gasteiger partial charge in [-0.2, -0.15) is 13.2 Å². The molecule has 106 valence electrons. The Labute approximate surface area is 115 Å². The Morgan fingerprint density at radius 1 is 1.11 bits per heavy atom. The van der Waals surface area contributed by atoms with E-state index in [-0.39, 0.29) is 16.5 Å². The number of rotatable bonds is 2. The van der Waals surface area contributed by atoms with Gasteiger partial charge in [-0.3, -0.25) is 0 Å². The lowest BCUT2D eigenvalue weighted by molar-refractivity contribution is -0.137. The summed E-state index contributed by atoms with van der Waals surface area (Å²) >= 11 is 5.73. The van der Waals surface area contributed by atoms with Gasteiger partial charge in [0.1, 0.15) is 0 Å². The van der Waals surface area contributed by atoms with Crippen LogP contribution in [-0.2, 0) is 6.18 Å². The first-order valence-corrected chi connectivity index (χ1v) is 6.81. The maximum Gasteiger partial charge on any atom is 0.416 e. The summed E-state index contributed by atoms with van der Waals surface area (Å²) in [7, 11) is 0. The van der Waals surface area contributed by atoms with E-state index < -0.39 is 17.8 Å². The predicted molar refractivity (Wildman–Crippen MR) is 68.0 cm³/mol. The Kier molecular flexibility index (Phi) is 4.41. The van der Waals surface area contributed by atoms with Crippen molar-refractivity contribution in [2.75, 3.05) is 0 Å². The molecule has 2 rings (SSSR count). The van der Waals surface area contributed by atoms with Crippen LogP contribution in [0.2, 0.25) is 5.02 Å². The van der Waals surface area contributed by atoms with E-state index in [2.05, 4.69) is 0 Å². The van der Waals surface area contributed by atoms with Crippen molar-refractivity contribution in [2.45, 2.75) is 44.4 Å². The third kappa shape index (κ3) is 3.63. The smallest absolute Gasteiger partial charge is 0.388 e. The summed E-state index contributed by atoms with van der Waals surface area (Å²) in [5, 5.41) is 10.2. The second-order valence-electron chi connectivity index (χ2n) is 5.11. The van der Waals surface area contributed by atoms with Crippen LogP contribution < -0.4 is 0 Å². The van der Waals surface area contributed by atoms with Gasteiger partial charge in [0.2, 0.25) is 0 Å². The first-order chi connectivity index (χ1) is 8.88. The molecular formula is C14H16ClF3O. The molecule has 1 N–H and O–H groups in total. The lowest BCUT2D eigenvalue weighted by Crippen LogP contribution is -2.17. The second-order valence-corrected chi connectivity index (χ2v) is 5.55. The molecule has 1 aromatic carbocycles. The van der Waals surface area contributed by atoms with Crippen LogP contribution in [0, 0.1) is 5.92 Å². The molecule has 1 aliphatic rings. The van der Waals surface area contributed by atoms with Crippen LogP contribution in [0.15, 0.2) is 18.2 Å². The zero-order valence-electron chi connectivity index (χ0n) is 10.4. The summed E-state index contributed by atoms with van der Waals surface area (Å²) in [6, 6.07) is 3.32. The molecule has 1 unspecified atom stereocenters. The number of halogens is 4. The van der Waals surface area contributed by atoms with Gasteiger partial charge in [-0.1, -0.05) is 30.9 Å². The summed E-state index contributed by atoms with van der Waals surface area (Å²) in [6.45, 7) is 0. The zero-order chi connectivity index (χ0) is 14.0. The van der Waals surface area contributed by atoms with Gasteiger partial charge in [0.05, 0.1) is 11.7 Å². The van der Waals surface area contributed by atoms with Crippen LogP contribution in [0.25, 0.3) is 0 Å². The number of aliphatic hydroxyl groups is 1. The summed E-state index contributed by atoms with van der Waals surface area (Å²) < 4.78 is 38.1.